The van der Waals surface area contributed by atoms with Crippen molar-refractivity contribution >= 4 is 5.69 Å². The summed E-state index contributed by atoms with van der Waals surface area (Å²) in [6, 6.07) is 4.18. The van der Waals surface area contributed by atoms with Gasteiger partial charge < -0.3 is 10.6 Å². The number of hydrogen-bond acceptors (Lipinski definition) is 3. The first-order chi connectivity index (χ1) is 7.48. The molecule has 1 atom stereocenters. The second-order valence-electron chi connectivity index (χ2n) is 5.57. The summed E-state index contributed by atoms with van der Waals surface area (Å²) in [5, 5.41) is 0. The van der Waals surface area contributed by atoms with Crippen LogP contribution in [0.2, 0.25) is 0 Å². The number of pyridine rings is 1. The SMILES string of the molecule is C[C@H](N)c1ccc(N2CCC(C)(C)C2)cn1. The highest BCUT2D eigenvalue weighted by Gasteiger charge is 2.29. The molecule has 1 aliphatic rings. The molecule has 1 saturated heterocycles. The van der Waals surface area contributed by atoms with Crippen molar-refractivity contribution in [1.82, 2.24) is 4.98 Å². The maximum atomic E-state index is 5.78. The molecule has 0 unspecified atom stereocenters. The van der Waals surface area contributed by atoms with Crippen molar-refractivity contribution in [2.75, 3.05) is 18.0 Å². The van der Waals surface area contributed by atoms with Crippen LogP contribution in [-0.4, -0.2) is 18.1 Å². The molecule has 1 fully saturated rings. The summed E-state index contributed by atoms with van der Waals surface area (Å²) in [6.07, 6.45) is 3.20. The van der Waals surface area contributed by atoms with Gasteiger partial charge in [-0.2, -0.15) is 0 Å². The lowest BCUT2D eigenvalue weighted by Crippen LogP contribution is -2.22. The number of anilines is 1. The van der Waals surface area contributed by atoms with Crippen LogP contribution in [0.15, 0.2) is 18.3 Å². The Kier molecular flexibility index (Phi) is 2.89. The van der Waals surface area contributed by atoms with Gasteiger partial charge in [-0.05, 0) is 30.9 Å². The fraction of sp³-hybridized carbons (Fsp3) is 0.615. The van der Waals surface area contributed by atoms with Gasteiger partial charge in [0.25, 0.3) is 0 Å². The molecule has 1 aliphatic heterocycles. The van der Waals surface area contributed by atoms with Crippen molar-refractivity contribution in [3.8, 4) is 0 Å². The van der Waals surface area contributed by atoms with E-state index in [0.29, 0.717) is 5.41 Å². The summed E-state index contributed by atoms with van der Waals surface area (Å²) < 4.78 is 0. The molecule has 0 aliphatic carbocycles. The van der Waals surface area contributed by atoms with Gasteiger partial charge in [-0.1, -0.05) is 13.8 Å². The zero-order chi connectivity index (χ0) is 11.8. The maximum Gasteiger partial charge on any atom is 0.0569 e. The summed E-state index contributed by atoms with van der Waals surface area (Å²) in [6.45, 7) is 8.84. The molecule has 0 saturated carbocycles. The number of aromatic nitrogens is 1. The molecule has 2 rings (SSSR count). The quantitative estimate of drug-likeness (QED) is 0.830. The number of nitrogens with two attached hydrogens (primary N) is 1. The van der Waals surface area contributed by atoms with E-state index in [1.54, 1.807) is 0 Å². The zero-order valence-electron chi connectivity index (χ0n) is 10.4. The Bertz CT molecular complexity index is 354. The molecule has 2 N–H and O–H groups in total. The topological polar surface area (TPSA) is 42.1 Å². The van der Waals surface area contributed by atoms with Gasteiger partial charge in [0.2, 0.25) is 0 Å². The lowest BCUT2D eigenvalue weighted by Gasteiger charge is -2.21. The van der Waals surface area contributed by atoms with Gasteiger partial charge >= 0.3 is 0 Å². The van der Waals surface area contributed by atoms with Crippen LogP contribution in [0.5, 0.6) is 0 Å². The molecule has 0 spiro atoms. The Hall–Kier alpha value is -1.09. The first kappa shape index (κ1) is 11.4. The first-order valence-electron chi connectivity index (χ1n) is 5.94. The third kappa shape index (κ3) is 2.35. The van der Waals surface area contributed by atoms with Gasteiger partial charge in [-0.25, -0.2) is 0 Å². The molecule has 1 aromatic rings. The predicted octanol–water partition coefficient (Wildman–Crippen LogP) is 2.34. The summed E-state index contributed by atoms with van der Waals surface area (Å²) in [4.78, 5) is 6.80. The molecule has 0 radical (unpaired) electrons. The number of nitrogens with zero attached hydrogens (tertiary/aromatic N) is 2. The van der Waals surface area contributed by atoms with Gasteiger partial charge in [0.15, 0.2) is 0 Å². The number of rotatable bonds is 2. The van der Waals surface area contributed by atoms with Crippen molar-refractivity contribution in [2.24, 2.45) is 11.1 Å². The van der Waals surface area contributed by atoms with Gasteiger partial charge in [-0.15, -0.1) is 0 Å². The van der Waals surface area contributed by atoms with Crippen LogP contribution >= 0.6 is 0 Å². The van der Waals surface area contributed by atoms with E-state index in [1.165, 1.54) is 12.1 Å². The van der Waals surface area contributed by atoms with E-state index in [4.69, 9.17) is 5.73 Å². The molecule has 0 amide bonds. The molecule has 3 nitrogen and oxygen atoms in total. The fourth-order valence-corrected chi connectivity index (χ4v) is 2.19. The third-order valence-corrected chi connectivity index (χ3v) is 3.28. The van der Waals surface area contributed by atoms with E-state index in [9.17, 15) is 0 Å². The van der Waals surface area contributed by atoms with Crippen LogP contribution in [0.3, 0.4) is 0 Å². The predicted molar refractivity (Wildman–Crippen MR) is 67.5 cm³/mol. The van der Waals surface area contributed by atoms with Gasteiger partial charge in [0.05, 0.1) is 17.6 Å². The summed E-state index contributed by atoms with van der Waals surface area (Å²) in [5.41, 5.74) is 8.39. The Morgan fingerprint density at radius 2 is 2.19 bits per heavy atom. The lowest BCUT2D eigenvalue weighted by atomic mass is 9.93. The van der Waals surface area contributed by atoms with Crippen molar-refractivity contribution < 1.29 is 0 Å². The van der Waals surface area contributed by atoms with Gasteiger partial charge in [0, 0.05) is 19.1 Å². The van der Waals surface area contributed by atoms with Crippen molar-refractivity contribution in [3.05, 3.63) is 24.0 Å². The third-order valence-electron chi connectivity index (χ3n) is 3.28. The largest absolute Gasteiger partial charge is 0.370 e. The molecule has 3 heteroatoms. The lowest BCUT2D eigenvalue weighted by molar-refractivity contribution is 0.418. The Morgan fingerprint density at radius 1 is 1.44 bits per heavy atom. The minimum atomic E-state index is 0.0177. The van der Waals surface area contributed by atoms with E-state index in [-0.39, 0.29) is 6.04 Å². The smallest absolute Gasteiger partial charge is 0.0569 e. The van der Waals surface area contributed by atoms with E-state index < -0.39 is 0 Å². The molecule has 1 aromatic heterocycles. The van der Waals surface area contributed by atoms with Crippen molar-refractivity contribution in [2.45, 2.75) is 33.2 Å². The Morgan fingerprint density at radius 3 is 2.62 bits per heavy atom. The highest BCUT2D eigenvalue weighted by atomic mass is 15.2. The normalized spacial score (nSPS) is 21.1. The maximum absolute atomic E-state index is 5.78. The van der Waals surface area contributed by atoms with Crippen LogP contribution in [0.4, 0.5) is 5.69 Å². The Balaban J connectivity index is 2.11. The summed E-state index contributed by atoms with van der Waals surface area (Å²) in [5.74, 6) is 0. The average Bonchev–Trinajstić information content (AvgIpc) is 2.59. The van der Waals surface area contributed by atoms with Crippen LogP contribution in [0.1, 0.15) is 38.9 Å². The van der Waals surface area contributed by atoms with Crippen LogP contribution in [0, 0.1) is 5.41 Å². The average molecular weight is 219 g/mol. The summed E-state index contributed by atoms with van der Waals surface area (Å²) in [7, 11) is 0. The molecular weight excluding hydrogens is 198 g/mol. The van der Waals surface area contributed by atoms with Crippen molar-refractivity contribution in [1.29, 1.82) is 0 Å². The minimum Gasteiger partial charge on any atom is -0.370 e. The van der Waals surface area contributed by atoms with Crippen LogP contribution in [0.25, 0.3) is 0 Å². The second-order valence-corrected chi connectivity index (χ2v) is 5.57. The zero-order valence-corrected chi connectivity index (χ0v) is 10.4. The van der Waals surface area contributed by atoms with E-state index in [2.05, 4.69) is 29.8 Å². The van der Waals surface area contributed by atoms with Crippen LogP contribution < -0.4 is 10.6 Å². The van der Waals surface area contributed by atoms with E-state index in [0.717, 1.165) is 18.8 Å². The standard InChI is InChI=1S/C13H21N3/c1-10(14)12-5-4-11(8-15-12)16-7-6-13(2,3)9-16/h4-5,8,10H,6-7,9,14H2,1-3H3/t10-/m0/s1. The monoisotopic (exact) mass is 219 g/mol. The number of hydrogen-bond donors (Lipinski definition) is 1. The summed E-state index contributed by atoms with van der Waals surface area (Å²) >= 11 is 0. The molecule has 16 heavy (non-hydrogen) atoms. The molecule has 2 heterocycles. The Labute approximate surface area is 97.7 Å². The highest BCUT2D eigenvalue weighted by molar-refractivity contribution is 5.46. The molecule has 0 aromatic carbocycles. The highest BCUT2D eigenvalue weighted by Crippen LogP contribution is 2.32. The van der Waals surface area contributed by atoms with Crippen molar-refractivity contribution in [3.63, 3.8) is 0 Å². The first-order valence-corrected chi connectivity index (χ1v) is 5.94. The van der Waals surface area contributed by atoms with Gasteiger partial charge in [-0.3, -0.25) is 4.98 Å². The van der Waals surface area contributed by atoms with Crippen LogP contribution in [-0.2, 0) is 0 Å². The van der Waals surface area contributed by atoms with E-state index >= 15 is 0 Å². The minimum absolute atomic E-state index is 0.0177. The molecular formula is C13H21N3. The second kappa shape index (κ2) is 4.06. The molecule has 88 valence electrons. The fourth-order valence-electron chi connectivity index (χ4n) is 2.19. The molecule has 0 bridgehead atoms. The van der Waals surface area contributed by atoms with E-state index in [1.807, 2.05) is 19.2 Å². The van der Waals surface area contributed by atoms with Gasteiger partial charge in [0.1, 0.15) is 0 Å².